The second-order valence-electron chi connectivity index (χ2n) is 16.0. The molecule has 6 nitrogen and oxygen atoms in total. The molecule has 302 valence electrons. The third-order valence-electron chi connectivity index (χ3n) is 12.3. The molecule has 0 aliphatic rings. The molecule has 4 aromatic heterocycles. The molecule has 64 heavy (non-hydrogen) atoms. The molecule has 0 saturated carbocycles. The maximum absolute atomic E-state index is 4.98. The molecule has 0 unspecified atom stereocenters. The SMILES string of the molecule is C=C/C=C\C=C/Cc1nc(-c2ccccc2)nc(-c2ccc(-n3c4ccccc4c4c5c6ccccc6n(-c6ccc7c(c6)c6ccccc6n7-c6ccccc6)c5ccc43)cc2)n1. The summed E-state index contributed by atoms with van der Waals surface area (Å²) in [5.41, 5.74) is 12.2. The third kappa shape index (κ3) is 6.07. The summed E-state index contributed by atoms with van der Waals surface area (Å²) < 4.78 is 7.21. The molecule has 12 rings (SSSR count). The molecule has 0 fully saturated rings. The van der Waals surface area contributed by atoms with E-state index in [1.165, 1.54) is 54.4 Å². The highest BCUT2D eigenvalue weighted by Gasteiger charge is 2.22. The minimum atomic E-state index is 0.578. The van der Waals surface area contributed by atoms with E-state index in [9.17, 15) is 0 Å². The number of hydrogen-bond acceptors (Lipinski definition) is 3. The summed E-state index contributed by atoms with van der Waals surface area (Å²) in [4.78, 5) is 14.8. The first-order valence-electron chi connectivity index (χ1n) is 21.6. The molecule has 8 aromatic carbocycles. The summed E-state index contributed by atoms with van der Waals surface area (Å²) in [6.07, 6.45) is 10.2. The zero-order chi connectivity index (χ0) is 42.6. The van der Waals surface area contributed by atoms with Crippen molar-refractivity contribution in [2.24, 2.45) is 0 Å². The van der Waals surface area contributed by atoms with Crippen molar-refractivity contribution in [3.63, 3.8) is 0 Å². The topological polar surface area (TPSA) is 53.5 Å². The van der Waals surface area contributed by atoms with Crippen LogP contribution in [0.4, 0.5) is 0 Å². The second-order valence-corrected chi connectivity index (χ2v) is 16.0. The molecule has 0 atom stereocenters. The zero-order valence-electron chi connectivity index (χ0n) is 34.9. The van der Waals surface area contributed by atoms with Crippen molar-refractivity contribution in [2.45, 2.75) is 6.42 Å². The van der Waals surface area contributed by atoms with Crippen molar-refractivity contribution >= 4 is 65.4 Å². The Morgan fingerprint density at radius 2 is 0.844 bits per heavy atom. The maximum Gasteiger partial charge on any atom is 0.163 e. The van der Waals surface area contributed by atoms with E-state index in [0.29, 0.717) is 23.9 Å². The van der Waals surface area contributed by atoms with Crippen LogP contribution in [0.1, 0.15) is 5.82 Å². The number of allylic oxidation sites excluding steroid dienone is 5. The fourth-order valence-electron chi connectivity index (χ4n) is 9.54. The van der Waals surface area contributed by atoms with Crippen LogP contribution in [0, 0.1) is 0 Å². The highest BCUT2D eigenvalue weighted by molar-refractivity contribution is 6.29. The molecule has 12 aromatic rings. The van der Waals surface area contributed by atoms with Gasteiger partial charge in [0.2, 0.25) is 0 Å². The van der Waals surface area contributed by atoms with Gasteiger partial charge in [0, 0.05) is 66.9 Å². The van der Waals surface area contributed by atoms with Crippen LogP contribution in [0.3, 0.4) is 0 Å². The largest absolute Gasteiger partial charge is 0.309 e. The minimum Gasteiger partial charge on any atom is -0.309 e. The number of benzene rings is 8. The van der Waals surface area contributed by atoms with Crippen LogP contribution in [0.5, 0.6) is 0 Å². The zero-order valence-corrected chi connectivity index (χ0v) is 34.9. The maximum atomic E-state index is 4.98. The second kappa shape index (κ2) is 15.4. The summed E-state index contributed by atoms with van der Waals surface area (Å²) in [5, 5.41) is 7.37. The van der Waals surface area contributed by atoms with Gasteiger partial charge in [0.1, 0.15) is 5.82 Å². The van der Waals surface area contributed by atoms with E-state index < -0.39 is 0 Å². The Balaban J connectivity index is 1.01. The van der Waals surface area contributed by atoms with Gasteiger partial charge in [-0.1, -0.05) is 140 Å². The lowest BCUT2D eigenvalue weighted by Gasteiger charge is -2.11. The predicted molar refractivity (Wildman–Crippen MR) is 266 cm³/mol. The Kier molecular flexibility index (Phi) is 8.94. The lowest BCUT2D eigenvalue weighted by Crippen LogP contribution is -2.02. The van der Waals surface area contributed by atoms with E-state index in [1.807, 2.05) is 48.6 Å². The fourth-order valence-corrected chi connectivity index (χ4v) is 9.54. The van der Waals surface area contributed by atoms with Crippen LogP contribution in [-0.4, -0.2) is 28.7 Å². The molecular formula is C58H40N6. The number of rotatable bonds is 9. The van der Waals surface area contributed by atoms with Gasteiger partial charge in [-0.2, -0.15) is 0 Å². The smallest absolute Gasteiger partial charge is 0.163 e. The molecular weight excluding hydrogens is 781 g/mol. The molecule has 4 heterocycles. The van der Waals surface area contributed by atoms with E-state index in [0.717, 1.165) is 39.2 Å². The summed E-state index contributed by atoms with van der Waals surface area (Å²) in [6.45, 7) is 3.76. The van der Waals surface area contributed by atoms with Crippen LogP contribution in [0.2, 0.25) is 0 Å². The third-order valence-corrected chi connectivity index (χ3v) is 12.3. The average molecular weight is 821 g/mol. The van der Waals surface area contributed by atoms with E-state index >= 15 is 0 Å². The van der Waals surface area contributed by atoms with Gasteiger partial charge >= 0.3 is 0 Å². The number of para-hydroxylation sites is 4. The Morgan fingerprint density at radius 3 is 1.48 bits per heavy atom. The van der Waals surface area contributed by atoms with E-state index in [1.54, 1.807) is 6.08 Å². The van der Waals surface area contributed by atoms with Crippen molar-refractivity contribution < 1.29 is 0 Å². The molecule has 0 N–H and O–H groups in total. The number of nitrogens with zero attached hydrogens (tertiary/aromatic N) is 6. The van der Waals surface area contributed by atoms with Crippen LogP contribution < -0.4 is 0 Å². The van der Waals surface area contributed by atoms with Crippen LogP contribution in [0.15, 0.2) is 225 Å². The van der Waals surface area contributed by atoms with Crippen LogP contribution >= 0.6 is 0 Å². The van der Waals surface area contributed by atoms with Gasteiger partial charge in [0.15, 0.2) is 11.6 Å². The summed E-state index contributed by atoms with van der Waals surface area (Å²) >= 11 is 0. The monoisotopic (exact) mass is 820 g/mol. The van der Waals surface area contributed by atoms with Crippen molar-refractivity contribution in [3.8, 4) is 39.8 Å². The number of aromatic nitrogens is 6. The van der Waals surface area contributed by atoms with E-state index in [2.05, 4.69) is 184 Å². The molecule has 0 aliphatic carbocycles. The first-order valence-corrected chi connectivity index (χ1v) is 21.6. The van der Waals surface area contributed by atoms with Gasteiger partial charge in [-0.15, -0.1) is 0 Å². The lowest BCUT2D eigenvalue weighted by molar-refractivity contribution is 0.947. The molecule has 0 spiro atoms. The van der Waals surface area contributed by atoms with Gasteiger partial charge in [-0.25, -0.2) is 15.0 Å². The first kappa shape index (κ1) is 37.2. The standard InChI is InChI=1S/C58H40N6/c1-2-3-4-5-12-29-54-59-57(39-19-8-6-9-20-39)61-58(60-54)40-30-32-42(33-31-40)63-49-27-17-14-24-45(49)55-52(63)36-37-53-56(55)46-25-15-18-28-50(46)64(53)43-34-35-51-47(38-43)44-23-13-16-26-48(44)62(51)41-21-10-7-11-22-41/h2-28,30-38H,1,29H2/b4-3-,12-5-. The Hall–Kier alpha value is -8.61. The first-order chi connectivity index (χ1) is 31.7. The molecule has 0 saturated heterocycles. The predicted octanol–water partition coefficient (Wildman–Crippen LogP) is 14.3. The highest BCUT2D eigenvalue weighted by atomic mass is 15.0. The summed E-state index contributed by atoms with van der Waals surface area (Å²) in [6, 6.07) is 67.2. The van der Waals surface area contributed by atoms with Crippen molar-refractivity contribution in [3.05, 3.63) is 231 Å². The van der Waals surface area contributed by atoms with Gasteiger partial charge in [-0.3, -0.25) is 0 Å². The van der Waals surface area contributed by atoms with Crippen molar-refractivity contribution in [1.29, 1.82) is 0 Å². The van der Waals surface area contributed by atoms with E-state index in [-0.39, 0.29) is 0 Å². The molecule has 0 aliphatic heterocycles. The molecule has 0 amide bonds. The summed E-state index contributed by atoms with van der Waals surface area (Å²) in [5.74, 6) is 2.01. The van der Waals surface area contributed by atoms with Crippen molar-refractivity contribution in [1.82, 2.24) is 28.7 Å². The Bertz CT molecular complexity index is 3810. The van der Waals surface area contributed by atoms with Gasteiger partial charge in [0.25, 0.3) is 0 Å². The highest BCUT2D eigenvalue weighted by Crippen LogP contribution is 2.43. The van der Waals surface area contributed by atoms with Crippen LogP contribution in [-0.2, 0) is 6.42 Å². The van der Waals surface area contributed by atoms with Crippen molar-refractivity contribution in [2.75, 3.05) is 0 Å². The quantitative estimate of drug-likeness (QED) is 0.136. The normalized spacial score (nSPS) is 12.1. The van der Waals surface area contributed by atoms with E-state index in [4.69, 9.17) is 15.0 Å². The van der Waals surface area contributed by atoms with Gasteiger partial charge in [-0.05, 0) is 84.9 Å². The number of hydrogen-bond donors (Lipinski definition) is 0. The molecule has 0 bridgehead atoms. The average Bonchev–Trinajstić information content (AvgIpc) is 4.00. The number of fused-ring (bicyclic) bond motifs is 10. The Morgan fingerprint density at radius 1 is 0.375 bits per heavy atom. The lowest BCUT2D eigenvalue weighted by atomic mass is 10.1. The molecule has 6 heteroatoms. The van der Waals surface area contributed by atoms with Crippen LogP contribution in [0.25, 0.3) is 105 Å². The summed E-state index contributed by atoms with van der Waals surface area (Å²) in [7, 11) is 0. The molecule has 0 radical (unpaired) electrons. The van der Waals surface area contributed by atoms with Gasteiger partial charge in [0.05, 0.1) is 33.1 Å². The fraction of sp³-hybridized carbons (Fsp3) is 0.0172. The Labute approximate surface area is 369 Å². The minimum absolute atomic E-state index is 0.578. The van der Waals surface area contributed by atoms with Gasteiger partial charge < -0.3 is 13.7 Å².